The number of aromatic nitrogens is 4. The lowest BCUT2D eigenvalue weighted by atomic mass is 10.0. The first kappa shape index (κ1) is 24.4. The van der Waals surface area contributed by atoms with Crippen molar-refractivity contribution in [3.05, 3.63) is 41.1 Å². The van der Waals surface area contributed by atoms with E-state index in [1.807, 2.05) is 13.0 Å². The van der Waals surface area contributed by atoms with Gasteiger partial charge in [-0.3, -0.25) is 0 Å². The number of β-amino-alcohol motifs (C(OH)–C–C–N with tert-alkyl or cyclic N) is 1. The maximum absolute atomic E-state index is 15.7. The standard InChI is InChI=1S/C22H23FN10O3/c1-4-26-19-20-27-10-17(25-2)33(20)31-21(30-19)28-14-7-12(9-24)8-15(18(14)23)32-6-5-13(16(34)11-32)29-22(35)36-3/h7-8,10,13,16,34H,4-6,11H2,1,3H3,(H,29,35)(H2,26,28,30,31)/t13-,16-/m1/s1. The monoisotopic (exact) mass is 494 g/mol. The van der Waals surface area contributed by atoms with Crippen LogP contribution in [-0.4, -0.2) is 69.7 Å². The highest BCUT2D eigenvalue weighted by Crippen LogP contribution is 2.32. The second-order valence-corrected chi connectivity index (χ2v) is 7.92. The van der Waals surface area contributed by atoms with Crippen LogP contribution in [0.3, 0.4) is 0 Å². The van der Waals surface area contributed by atoms with Crippen molar-refractivity contribution in [3.8, 4) is 6.07 Å². The Bertz CT molecular complexity index is 1380. The number of rotatable bonds is 6. The molecule has 1 amide bonds. The van der Waals surface area contributed by atoms with Gasteiger partial charge in [-0.2, -0.15) is 10.2 Å². The number of hydrogen-bond donors (Lipinski definition) is 4. The number of methoxy groups -OCH3 is 1. The first-order chi connectivity index (χ1) is 17.4. The number of carbonyl (C=O) groups excluding carboxylic acids is 1. The second kappa shape index (κ2) is 10.3. The van der Waals surface area contributed by atoms with E-state index in [2.05, 4.69) is 40.6 Å². The summed E-state index contributed by atoms with van der Waals surface area (Å²) >= 11 is 0. The predicted molar refractivity (Wildman–Crippen MR) is 128 cm³/mol. The number of aliphatic hydroxyl groups is 1. The van der Waals surface area contributed by atoms with Gasteiger partial charge in [0.15, 0.2) is 11.6 Å². The highest BCUT2D eigenvalue weighted by Gasteiger charge is 2.31. The van der Waals surface area contributed by atoms with Crippen molar-refractivity contribution in [1.82, 2.24) is 24.9 Å². The molecule has 14 heteroatoms. The number of amides is 1. The molecule has 13 nitrogen and oxygen atoms in total. The minimum atomic E-state index is -0.985. The Labute approximate surface area is 205 Å². The maximum atomic E-state index is 15.7. The summed E-state index contributed by atoms with van der Waals surface area (Å²) in [6, 6.07) is 4.18. The number of anilines is 4. The third-order valence-corrected chi connectivity index (χ3v) is 5.64. The largest absolute Gasteiger partial charge is 0.453 e. The molecule has 1 aliphatic heterocycles. The summed E-state index contributed by atoms with van der Waals surface area (Å²) in [6.07, 6.45) is 0.0488. The molecule has 0 unspecified atom stereocenters. The number of aliphatic hydroxyl groups excluding tert-OH is 1. The molecule has 0 aliphatic carbocycles. The van der Waals surface area contributed by atoms with E-state index < -0.39 is 24.1 Å². The van der Waals surface area contributed by atoms with Crippen LogP contribution in [0.25, 0.3) is 10.5 Å². The van der Waals surface area contributed by atoms with Crippen molar-refractivity contribution in [2.45, 2.75) is 25.5 Å². The second-order valence-electron chi connectivity index (χ2n) is 7.92. The molecule has 1 aromatic carbocycles. The first-order valence-electron chi connectivity index (χ1n) is 11.0. The number of alkyl carbamates (subject to hydrolysis) is 1. The third-order valence-electron chi connectivity index (χ3n) is 5.64. The van der Waals surface area contributed by atoms with Crippen LogP contribution in [0.1, 0.15) is 18.9 Å². The average molecular weight is 494 g/mol. The number of carbonyl (C=O) groups is 1. The molecule has 3 aromatic rings. The first-order valence-corrected chi connectivity index (χ1v) is 11.0. The number of fused-ring (bicyclic) bond motifs is 1. The molecule has 0 bridgehead atoms. The number of nitrogens with zero attached hydrogens (tertiary/aromatic N) is 7. The van der Waals surface area contributed by atoms with Crippen molar-refractivity contribution < 1.29 is 19.0 Å². The van der Waals surface area contributed by atoms with Gasteiger partial charge in [-0.1, -0.05) is 11.7 Å². The lowest BCUT2D eigenvalue weighted by molar-refractivity contribution is 0.103. The molecule has 3 heterocycles. The molecule has 2 atom stereocenters. The number of benzene rings is 1. The topological polar surface area (TPSA) is 157 Å². The summed E-state index contributed by atoms with van der Waals surface area (Å²) in [5.41, 5.74) is 0.567. The molecule has 4 rings (SSSR count). The van der Waals surface area contributed by atoms with E-state index in [0.29, 0.717) is 31.0 Å². The molecule has 36 heavy (non-hydrogen) atoms. The molecular weight excluding hydrogens is 471 g/mol. The van der Waals surface area contributed by atoms with Gasteiger partial charge < -0.3 is 35.5 Å². The minimum Gasteiger partial charge on any atom is -0.453 e. The molecule has 2 aromatic heterocycles. The zero-order valence-electron chi connectivity index (χ0n) is 19.5. The van der Waals surface area contributed by atoms with Gasteiger partial charge in [0.05, 0.1) is 48.5 Å². The molecule has 0 spiro atoms. The molecule has 186 valence electrons. The highest BCUT2D eigenvalue weighted by molar-refractivity contribution is 5.71. The summed E-state index contributed by atoms with van der Waals surface area (Å²) in [5.74, 6) is -0.183. The summed E-state index contributed by atoms with van der Waals surface area (Å²) in [7, 11) is 1.23. The summed E-state index contributed by atoms with van der Waals surface area (Å²) < 4.78 is 21.5. The predicted octanol–water partition coefficient (Wildman–Crippen LogP) is 2.16. The molecule has 0 saturated carbocycles. The summed E-state index contributed by atoms with van der Waals surface area (Å²) in [6.45, 7) is 10.1. The zero-order chi connectivity index (χ0) is 25.8. The number of halogens is 1. The SMILES string of the molecule is [C-]#[N+]c1cnc2c(NCC)nc(Nc3cc(C#N)cc(N4CC[C@@H](NC(=O)OC)[C@H](O)C4)c3F)nn12. The highest BCUT2D eigenvalue weighted by atomic mass is 19.1. The third kappa shape index (κ3) is 4.75. The van der Waals surface area contributed by atoms with Crippen molar-refractivity contribution in [1.29, 1.82) is 5.26 Å². The Morgan fingerprint density at radius 1 is 1.47 bits per heavy atom. The zero-order valence-corrected chi connectivity index (χ0v) is 19.5. The lowest BCUT2D eigenvalue weighted by Crippen LogP contribution is -2.54. The molecule has 4 N–H and O–H groups in total. The lowest BCUT2D eigenvalue weighted by Gasteiger charge is -2.37. The van der Waals surface area contributed by atoms with Gasteiger partial charge in [-0.15, -0.1) is 4.52 Å². The van der Waals surface area contributed by atoms with E-state index in [4.69, 9.17) is 6.57 Å². The van der Waals surface area contributed by atoms with Crippen molar-refractivity contribution >= 4 is 40.7 Å². The average Bonchev–Trinajstić information content (AvgIpc) is 3.30. The summed E-state index contributed by atoms with van der Waals surface area (Å²) in [4.78, 5) is 25.0. The van der Waals surface area contributed by atoms with Crippen LogP contribution < -0.4 is 20.9 Å². The Morgan fingerprint density at radius 3 is 2.94 bits per heavy atom. The van der Waals surface area contributed by atoms with Crippen LogP contribution in [0.5, 0.6) is 0 Å². The molecule has 1 aliphatic rings. The van der Waals surface area contributed by atoms with Crippen LogP contribution >= 0.6 is 0 Å². The van der Waals surface area contributed by atoms with Gasteiger partial charge in [0.2, 0.25) is 0 Å². The van der Waals surface area contributed by atoms with Gasteiger partial charge in [-0.25, -0.2) is 14.2 Å². The van der Waals surface area contributed by atoms with Crippen molar-refractivity contribution in [2.75, 3.05) is 42.3 Å². The molecule has 0 radical (unpaired) electrons. The van der Waals surface area contributed by atoms with E-state index in [1.54, 1.807) is 4.90 Å². The summed E-state index contributed by atoms with van der Waals surface area (Å²) in [5, 5.41) is 32.7. The number of ether oxygens (including phenoxy) is 1. The van der Waals surface area contributed by atoms with Gasteiger partial charge in [0.1, 0.15) is 0 Å². The smallest absolute Gasteiger partial charge is 0.407 e. The fourth-order valence-electron chi connectivity index (χ4n) is 3.93. The number of hydrogen-bond acceptors (Lipinski definition) is 10. The number of imidazole rings is 1. The van der Waals surface area contributed by atoms with Crippen molar-refractivity contribution in [2.24, 2.45) is 0 Å². The number of nitrogens with one attached hydrogen (secondary N) is 3. The Hall–Kier alpha value is -4.69. The van der Waals surface area contributed by atoms with E-state index in [9.17, 15) is 15.2 Å². The molecular formula is C22H23FN10O3. The molecule has 1 fully saturated rings. The van der Waals surface area contributed by atoms with Crippen molar-refractivity contribution in [3.63, 3.8) is 0 Å². The van der Waals surface area contributed by atoms with Crippen LogP contribution in [0, 0.1) is 23.7 Å². The quantitative estimate of drug-likeness (QED) is 0.374. The molecule has 1 saturated heterocycles. The fourth-order valence-corrected chi connectivity index (χ4v) is 3.93. The van der Waals surface area contributed by atoms with E-state index in [-0.39, 0.29) is 35.2 Å². The normalized spacial score (nSPS) is 17.2. The van der Waals surface area contributed by atoms with E-state index >= 15 is 4.39 Å². The van der Waals surface area contributed by atoms with Crippen LogP contribution in [-0.2, 0) is 4.74 Å². The van der Waals surface area contributed by atoms with Gasteiger partial charge in [0, 0.05) is 19.6 Å². The van der Waals surface area contributed by atoms with E-state index in [1.165, 1.54) is 30.0 Å². The number of nitriles is 1. The fraction of sp³-hybridized carbons (Fsp3) is 0.364. The number of piperidine rings is 1. The maximum Gasteiger partial charge on any atom is 0.407 e. The van der Waals surface area contributed by atoms with Crippen LogP contribution in [0.2, 0.25) is 0 Å². The Kier molecular flexibility index (Phi) is 6.98. The van der Waals surface area contributed by atoms with Gasteiger partial charge in [0.25, 0.3) is 17.4 Å². The van der Waals surface area contributed by atoms with Crippen LogP contribution in [0.15, 0.2) is 18.3 Å². The van der Waals surface area contributed by atoms with Crippen LogP contribution in [0.4, 0.5) is 38.1 Å². The van der Waals surface area contributed by atoms with Gasteiger partial charge >= 0.3 is 6.09 Å². The van der Waals surface area contributed by atoms with Gasteiger partial charge in [-0.05, 0) is 25.5 Å². The Balaban J connectivity index is 1.66. The van der Waals surface area contributed by atoms with E-state index in [0.717, 1.165) is 0 Å². The Morgan fingerprint density at radius 2 is 2.28 bits per heavy atom. The minimum absolute atomic E-state index is 0.0117.